The highest BCUT2D eigenvalue weighted by Crippen LogP contribution is 2.28. The predicted octanol–water partition coefficient (Wildman–Crippen LogP) is 4.02. The highest BCUT2D eigenvalue weighted by molar-refractivity contribution is 6.33. The van der Waals surface area contributed by atoms with Crippen LogP contribution in [-0.4, -0.2) is 31.2 Å². The van der Waals surface area contributed by atoms with Crippen LogP contribution >= 0.6 is 11.6 Å². The molecule has 0 spiro atoms. The largest absolute Gasteiger partial charge is 0.493 e. The van der Waals surface area contributed by atoms with Gasteiger partial charge in [0.05, 0.1) is 29.4 Å². The molecule has 0 saturated heterocycles. The highest BCUT2D eigenvalue weighted by Gasteiger charge is 2.12. The Bertz CT molecular complexity index is 829. The second kappa shape index (κ2) is 9.63. The van der Waals surface area contributed by atoms with Crippen molar-refractivity contribution in [1.29, 1.82) is 0 Å². The number of nitro benzene ring substituents is 1. The summed E-state index contributed by atoms with van der Waals surface area (Å²) in [6.07, 6.45) is 0.568. The summed E-state index contributed by atoms with van der Waals surface area (Å²) in [6, 6.07) is 8.90. The Hall–Kier alpha value is -3.00. The fourth-order valence-electron chi connectivity index (χ4n) is 2.35. The zero-order chi connectivity index (χ0) is 19.8. The molecule has 0 bridgehead atoms. The van der Waals surface area contributed by atoms with Crippen molar-refractivity contribution < 1.29 is 19.2 Å². The Morgan fingerprint density at radius 3 is 2.67 bits per heavy atom. The van der Waals surface area contributed by atoms with Crippen molar-refractivity contribution in [3.63, 3.8) is 0 Å². The molecule has 0 aliphatic heterocycles. The first kappa shape index (κ1) is 20.3. The summed E-state index contributed by atoms with van der Waals surface area (Å²) in [5.74, 6) is 1.29. The van der Waals surface area contributed by atoms with Gasteiger partial charge in [0.25, 0.3) is 5.69 Å². The number of amides is 2. The molecule has 2 aromatic rings. The first-order chi connectivity index (χ1) is 12.9. The van der Waals surface area contributed by atoms with Crippen molar-refractivity contribution in [2.24, 2.45) is 0 Å². The van der Waals surface area contributed by atoms with Gasteiger partial charge in [-0.1, -0.05) is 17.7 Å². The van der Waals surface area contributed by atoms with Crippen LogP contribution in [0.5, 0.6) is 11.5 Å². The average Bonchev–Trinajstić information content (AvgIpc) is 2.64. The van der Waals surface area contributed by atoms with Gasteiger partial charge in [0.1, 0.15) is 0 Å². The maximum Gasteiger partial charge on any atom is 0.319 e. The van der Waals surface area contributed by atoms with E-state index in [9.17, 15) is 14.9 Å². The number of nitrogens with zero attached hydrogens (tertiary/aromatic N) is 1. The van der Waals surface area contributed by atoms with Gasteiger partial charge < -0.3 is 20.1 Å². The Kier molecular flexibility index (Phi) is 7.25. The summed E-state index contributed by atoms with van der Waals surface area (Å²) in [4.78, 5) is 22.3. The molecule has 9 heteroatoms. The molecule has 144 valence electrons. The topological polar surface area (TPSA) is 103 Å². The van der Waals surface area contributed by atoms with Gasteiger partial charge >= 0.3 is 6.03 Å². The van der Waals surface area contributed by atoms with Crippen LogP contribution in [0.25, 0.3) is 0 Å². The van der Waals surface area contributed by atoms with Crippen molar-refractivity contribution >= 4 is 29.0 Å². The van der Waals surface area contributed by atoms with Crippen LogP contribution in [0.2, 0.25) is 5.02 Å². The van der Waals surface area contributed by atoms with Crippen LogP contribution < -0.4 is 20.1 Å². The van der Waals surface area contributed by atoms with Crippen molar-refractivity contribution in [1.82, 2.24) is 5.32 Å². The molecule has 0 unspecified atom stereocenters. The molecule has 0 radical (unpaired) electrons. The zero-order valence-corrected chi connectivity index (χ0v) is 15.7. The van der Waals surface area contributed by atoms with Crippen LogP contribution in [0.3, 0.4) is 0 Å². The lowest BCUT2D eigenvalue weighted by molar-refractivity contribution is -0.384. The number of hydrogen-bond acceptors (Lipinski definition) is 5. The number of nitro groups is 1. The minimum atomic E-state index is -0.557. The maximum absolute atomic E-state index is 12.0. The molecular weight excluding hydrogens is 374 g/mol. The summed E-state index contributed by atoms with van der Waals surface area (Å²) in [5.41, 5.74) is 0.978. The van der Waals surface area contributed by atoms with E-state index in [1.807, 2.05) is 25.1 Å². The predicted molar refractivity (Wildman–Crippen MR) is 103 cm³/mol. The van der Waals surface area contributed by atoms with Crippen LogP contribution in [0, 0.1) is 10.1 Å². The van der Waals surface area contributed by atoms with E-state index in [4.69, 9.17) is 21.1 Å². The van der Waals surface area contributed by atoms with Gasteiger partial charge in [-0.25, -0.2) is 4.79 Å². The number of methoxy groups -OCH3 is 1. The van der Waals surface area contributed by atoms with E-state index < -0.39 is 11.0 Å². The van der Waals surface area contributed by atoms with Gasteiger partial charge in [-0.3, -0.25) is 10.1 Å². The maximum atomic E-state index is 12.0. The normalized spacial score (nSPS) is 10.2. The molecule has 2 N–H and O–H groups in total. The van der Waals surface area contributed by atoms with Crippen molar-refractivity contribution in [3.8, 4) is 11.5 Å². The number of urea groups is 1. The van der Waals surface area contributed by atoms with Crippen LogP contribution in [0.4, 0.5) is 16.2 Å². The lowest BCUT2D eigenvalue weighted by Gasteiger charge is -2.12. The first-order valence-electron chi connectivity index (χ1n) is 8.23. The number of carbonyl (C=O) groups is 1. The summed E-state index contributed by atoms with van der Waals surface area (Å²) in [5, 5.41) is 16.2. The number of ether oxygens (including phenoxy) is 2. The molecule has 0 heterocycles. The minimum Gasteiger partial charge on any atom is -0.493 e. The summed E-state index contributed by atoms with van der Waals surface area (Å²) in [6.45, 7) is 2.79. The molecule has 0 atom stereocenters. The number of halogens is 1. The number of carbonyl (C=O) groups excluding carboxylic acids is 1. The molecule has 2 rings (SSSR count). The third kappa shape index (κ3) is 5.75. The van der Waals surface area contributed by atoms with Crippen LogP contribution in [-0.2, 0) is 6.42 Å². The molecule has 8 nitrogen and oxygen atoms in total. The smallest absolute Gasteiger partial charge is 0.319 e. The molecular formula is C18H20ClN3O5. The first-order valence-corrected chi connectivity index (χ1v) is 8.61. The minimum absolute atomic E-state index is 0.156. The van der Waals surface area contributed by atoms with E-state index in [2.05, 4.69) is 10.6 Å². The third-order valence-corrected chi connectivity index (χ3v) is 3.97. The molecule has 0 saturated carbocycles. The van der Waals surface area contributed by atoms with Crippen molar-refractivity contribution in [2.75, 3.05) is 25.6 Å². The number of nitrogens with one attached hydrogen (secondary N) is 2. The second-order valence-corrected chi connectivity index (χ2v) is 5.88. The Labute approximate surface area is 161 Å². The number of hydrogen-bond donors (Lipinski definition) is 2. The number of non-ortho nitro benzene ring substituents is 1. The van der Waals surface area contributed by atoms with Crippen LogP contribution in [0.15, 0.2) is 36.4 Å². The fraction of sp³-hybridized carbons (Fsp3) is 0.278. The van der Waals surface area contributed by atoms with E-state index in [0.717, 1.165) is 5.56 Å². The summed E-state index contributed by atoms with van der Waals surface area (Å²) in [7, 11) is 1.57. The number of anilines is 1. The molecule has 27 heavy (non-hydrogen) atoms. The quantitative estimate of drug-likeness (QED) is 0.520. The lowest BCUT2D eigenvalue weighted by Crippen LogP contribution is -2.30. The Morgan fingerprint density at radius 2 is 2.00 bits per heavy atom. The summed E-state index contributed by atoms with van der Waals surface area (Å²) >= 11 is 5.96. The van der Waals surface area contributed by atoms with E-state index in [1.165, 1.54) is 18.2 Å². The van der Waals surface area contributed by atoms with Gasteiger partial charge in [0.2, 0.25) is 0 Å². The highest BCUT2D eigenvalue weighted by atomic mass is 35.5. The Balaban J connectivity index is 1.91. The molecule has 2 amide bonds. The average molecular weight is 394 g/mol. The van der Waals surface area contributed by atoms with Crippen molar-refractivity contribution in [2.45, 2.75) is 13.3 Å². The van der Waals surface area contributed by atoms with E-state index in [0.29, 0.717) is 31.1 Å². The van der Waals surface area contributed by atoms with E-state index >= 15 is 0 Å². The molecule has 0 aromatic heterocycles. The van der Waals surface area contributed by atoms with E-state index in [1.54, 1.807) is 7.11 Å². The lowest BCUT2D eigenvalue weighted by atomic mass is 10.1. The monoisotopic (exact) mass is 393 g/mol. The SMILES string of the molecule is CCOc1ccc(CCNC(=O)Nc2cc([N+](=O)[O-])ccc2Cl)cc1OC. The zero-order valence-electron chi connectivity index (χ0n) is 15.0. The molecule has 0 fully saturated rings. The van der Waals surface area contributed by atoms with Gasteiger partial charge in [-0.2, -0.15) is 0 Å². The number of benzene rings is 2. The standard InChI is InChI=1S/C18H20ClN3O5/c1-3-27-16-7-4-12(10-17(16)26-2)8-9-20-18(23)21-15-11-13(22(24)25)5-6-14(15)19/h4-7,10-11H,3,8-9H2,1-2H3,(H2,20,21,23). The van der Waals surface area contributed by atoms with E-state index in [-0.39, 0.29) is 16.4 Å². The van der Waals surface area contributed by atoms with Gasteiger partial charge in [0.15, 0.2) is 11.5 Å². The van der Waals surface area contributed by atoms with Crippen molar-refractivity contribution in [3.05, 3.63) is 57.1 Å². The van der Waals surface area contributed by atoms with Gasteiger partial charge in [-0.05, 0) is 37.1 Å². The third-order valence-electron chi connectivity index (χ3n) is 3.64. The fourth-order valence-corrected chi connectivity index (χ4v) is 2.52. The van der Waals surface area contributed by atoms with Gasteiger partial charge in [0, 0.05) is 18.7 Å². The van der Waals surface area contributed by atoms with Gasteiger partial charge in [-0.15, -0.1) is 0 Å². The Morgan fingerprint density at radius 1 is 1.22 bits per heavy atom. The van der Waals surface area contributed by atoms with Crippen LogP contribution in [0.1, 0.15) is 12.5 Å². The molecule has 2 aromatic carbocycles. The second-order valence-electron chi connectivity index (χ2n) is 5.47. The molecule has 0 aliphatic rings. The summed E-state index contributed by atoms with van der Waals surface area (Å²) < 4.78 is 10.8. The molecule has 0 aliphatic carbocycles. The number of rotatable bonds is 8.